The van der Waals surface area contributed by atoms with Crippen LogP contribution in [0.1, 0.15) is 0 Å². The van der Waals surface area contributed by atoms with E-state index in [1.54, 1.807) is 0 Å². The summed E-state index contributed by atoms with van der Waals surface area (Å²) in [5, 5.41) is 9.84. The van der Waals surface area contributed by atoms with Crippen molar-refractivity contribution in [3.8, 4) is 5.75 Å². The van der Waals surface area contributed by atoms with Gasteiger partial charge in [-0.25, -0.2) is 4.39 Å². The molecule has 0 saturated carbocycles. The Morgan fingerprint density at radius 3 is 2.44 bits per heavy atom. The molecule has 0 fully saturated rings. The fourth-order valence-corrected chi connectivity index (χ4v) is 1.11. The minimum Gasteiger partial charge on any atom is -0.412 e. The lowest BCUT2D eigenvalue weighted by Gasteiger charge is -2.10. The summed E-state index contributed by atoms with van der Waals surface area (Å²) in [6, 6.07) is 0.908. The van der Waals surface area contributed by atoms with Crippen molar-refractivity contribution in [2.45, 2.75) is 5.57 Å². The molecular weight excluding hydrogens is 274 g/mol. The molecule has 1 aromatic carbocycles. The van der Waals surface area contributed by atoms with Crippen LogP contribution in [0.15, 0.2) is 12.1 Å². The van der Waals surface area contributed by atoms with Crippen LogP contribution in [0.4, 0.5) is 18.9 Å². The first-order chi connectivity index (χ1) is 7.20. The Hall–Kier alpha value is -1.21. The molecule has 0 spiro atoms. The molecule has 0 unspecified atom stereocenters. The van der Waals surface area contributed by atoms with Crippen molar-refractivity contribution in [2.24, 2.45) is 0 Å². The number of nitro benzene ring substituents is 1. The van der Waals surface area contributed by atoms with Gasteiger partial charge < -0.3 is 4.74 Å². The smallest absolute Gasteiger partial charge is 0.412 e. The SMILES string of the molecule is O=[N+]([O-])c1cc(Cl)c(F)cc1OC(F)(F)Cl. The number of ether oxygens (including phenoxy) is 1. The zero-order valence-electron chi connectivity index (χ0n) is 7.22. The highest BCUT2D eigenvalue weighted by atomic mass is 35.5. The molecule has 16 heavy (non-hydrogen) atoms. The largest absolute Gasteiger partial charge is 0.487 e. The number of halogens is 5. The molecule has 0 aliphatic carbocycles. The molecule has 4 nitrogen and oxygen atoms in total. The monoisotopic (exact) mass is 275 g/mol. The fraction of sp³-hybridized carbons (Fsp3) is 0.143. The first kappa shape index (κ1) is 12.9. The number of rotatable bonds is 3. The number of benzene rings is 1. The van der Waals surface area contributed by atoms with Crippen LogP contribution >= 0.6 is 23.2 Å². The van der Waals surface area contributed by atoms with Gasteiger partial charge in [0.2, 0.25) is 5.75 Å². The van der Waals surface area contributed by atoms with Gasteiger partial charge in [0.1, 0.15) is 5.82 Å². The summed E-state index contributed by atoms with van der Waals surface area (Å²) in [6.07, 6.45) is 0. The fourth-order valence-electron chi connectivity index (χ4n) is 0.867. The Morgan fingerprint density at radius 2 is 2.00 bits per heavy atom. The molecule has 0 heterocycles. The third-order valence-corrected chi connectivity index (χ3v) is 1.79. The van der Waals surface area contributed by atoms with Crippen molar-refractivity contribution in [3.63, 3.8) is 0 Å². The van der Waals surface area contributed by atoms with Gasteiger partial charge in [0.25, 0.3) is 0 Å². The van der Waals surface area contributed by atoms with Crippen LogP contribution in [0, 0.1) is 15.9 Å². The number of nitro groups is 1. The highest BCUT2D eigenvalue weighted by Gasteiger charge is 2.32. The lowest BCUT2D eigenvalue weighted by Crippen LogP contribution is -2.16. The van der Waals surface area contributed by atoms with E-state index in [-0.39, 0.29) is 0 Å². The van der Waals surface area contributed by atoms with Crippen LogP contribution in [0.25, 0.3) is 0 Å². The molecular formula is C7H2Cl2F3NO3. The lowest BCUT2D eigenvalue weighted by atomic mass is 10.3. The zero-order valence-corrected chi connectivity index (χ0v) is 8.73. The number of hydrogen-bond acceptors (Lipinski definition) is 3. The molecule has 0 bridgehead atoms. The molecule has 9 heteroatoms. The standard InChI is InChI=1S/C7H2Cl2F3NO3/c8-3-1-5(13(14)15)6(2-4(3)10)16-7(9,11)12/h1-2H. The summed E-state index contributed by atoms with van der Waals surface area (Å²) in [5.74, 6) is -2.14. The van der Waals surface area contributed by atoms with Gasteiger partial charge in [0.05, 0.1) is 9.95 Å². The highest BCUT2D eigenvalue weighted by molar-refractivity contribution is 6.31. The lowest BCUT2D eigenvalue weighted by molar-refractivity contribution is -0.386. The van der Waals surface area contributed by atoms with E-state index in [1.165, 1.54) is 0 Å². The molecule has 0 aliphatic rings. The normalized spacial score (nSPS) is 11.3. The van der Waals surface area contributed by atoms with E-state index >= 15 is 0 Å². The van der Waals surface area contributed by atoms with Crippen LogP contribution in [-0.4, -0.2) is 10.5 Å². The molecule has 1 aromatic rings. The van der Waals surface area contributed by atoms with Crippen LogP contribution < -0.4 is 4.74 Å². The summed E-state index contributed by atoms with van der Waals surface area (Å²) in [7, 11) is 0. The van der Waals surface area contributed by atoms with Crippen molar-refractivity contribution in [2.75, 3.05) is 0 Å². The molecule has 0 amide bonds. The molecule has 0 aromatic heterocycles. The van der Waals surface area contributed by atoms with Crippen LogP contribution in [0.2, 0.25) is 5.02 Å². The first-order valence-electron chi connectivity index (χ1n) is 3.60. The Bertz CT molecular complexity index is 436. The van der Waals surface area contributed by atoms with Crippen LogP contribution in [-0.2, 0) is 0 Å². The number of alkyl halides is 3. The summed E-state index contributed by atoms with van der Waals surface area (Å²) in [5.41, 5.74) is -5.09. The van der Waals surface area contributed by atoms with Gasteiger partial charge in [-0.15, -0.1) is 8.78 Å². The van der Waals surface area contributed by atoms with Gasteiger partial charge in [-0.3, -0.25) is 10.1 Å². The Labute approximate surface area is 96.7 Å². The van der Waals surface area contributed by atoms with E-state index in [1.807, 2.05) is 0 Å². The molecule has 0 radical (unpaired) electrons. The summed E-state index contributed by atoms with van der Waals surface area (Å²) < 4.78 is 41.1. The van der Waals surface area contributed by atoms with E-state index in [2.05, 4.69) is 16.3 Å². The van der Waals surface area contributed by atoms with Gasteiger partial charge in [-0.2, -0.15) is 0 Å². The van der Waals surface area contributed by atoms with Gasteiger partial charge >= 0.3 is 11.3 Å². The summed E-state index contributed by atoms with van der Waals surface area (Å²) in [6.45, 7) is 0. The predicted molar refractivity (Wildman–Crippen MR) is 49.5 cm³/mol. The van der Waals surface area contributed by atoms with E-state index in [0.29, 0.717) is 12.1 Å². The molecule has 0 saturated heterocycles. The highest BCUT2D eigenvalue weighted by Crippen LogP contribution is 2.36. The van der Waals surface area contributed by atoms with Crippen molar-refractivity contribution < 1.29 is 22.8 Å². The minimum absolute atomic E-state index is 0.358. The van der Waals surface area contributed by atoms with Crippen molar-refractivity contribution >= 4 is 28.9 Å². The van der Waals surface area contributed by atoms with E-state index in [4.69, 9.17) is 11.6 Å². The third kappa shape index (κ3) is 3.14. The van der Waals surface area contributed by atoms with E-state index < -0.39 is 32.8 Å². The number of hydrogen-bond donors (Lipinski definition) is 0. The maximum absolute atomic E-state index is 12.9. The Kier molecular flexibility index (Phi) is 3.49. The van der Waals surface area contributed by atoms with Crippen LogP contribution in [0.3, 0.4) is 0 Å². The van der Waals surface area contributed by atoms with Gasteiger partial charge in [-0.1, -0.05) is 11.6 Å². The Morgan fingerprint density at radius 1 is 1.44 bits per heavy atom. The van der Waals surface area contributed by atoms with Gasteiger partial charge in [0, 0.05) is 23.7 Å². The average molecular weight is 276 g/mol. The molecule has 0 aliphatic heterocycles. The second kappa shape index (κ2) is 4.34. The predicted octanol–water partition coefficient (Wildman–Crippen LogP) is 3.56. The zero-order chi connectivity index (χ0) is 12.5. The maximum Gasteiger partial charge on any atom is 0.487 e. The summed E-state index contributed by atoms with van der Waals surface area (Å²) in [4.78, 5) is 9.38. The van der Waals surface area contributed by atoms with Gasteiger partial charge in [-0.05, 0) is 0 Å². The second-order valence-corrected chi connectivity index (χ2v) is 3.39. The molecule has 88 valence electrons. The molecule has 1 rings (SSSR count). The second-order valence-electron chi connectivity index (χ2n) is 2.54. The van der Waals surface area contributed by atoms with E-state index in [0.717, 1.165) is 0 Å². The van der Waals surface area contributed by atoms with E-state index in [9.17, 15) is 23.3 Å². The average Bonchev–Trinajstić information content (AvgIpc) is 2.07. The van der Waals surface area contributed by atoms with Crippen LogP contribution in [0.5, 0.6) is 5.75 Å². The molecule has 0 N–H and O–H groups in total. The summed E-state index contributed by atoms with van der Waals surface area (Å²) >= 11 is 9.65. The third-order valence-electron chi connectivity index (χ3n) is 1.42. The Balaban J connectivity index is 3.25. The van der Waals surface area contributed by atoms with Crippen molar-refractivity contribution in [3.05, 3.63) is 33.1 Å². The number of nitrogens with zero attached hydrogens (tertiary/aromatic N) is 1. The topological polar surface area (TPSA) is 52.4 Å². The quantitative estimate of drug-likeness (QED) is 0.482. The van der Waals surface area contributed by atoms with Gasteiger partial charge in [0.15, 0.2) is 0 Å². The molecule has 0 atom stereocenters. The van der Waals surface area contributed by atoms with Crippen molar-refractivity contribution in [1.82, 2.24) is 0 Å². The first-order valence-corrected chi connectivity index (χ1v) is 4.35. The minimum atomic E-state index is -4.18. The maximum atomic E-state index is 12.9. The van der Waals surface area contributed by atoms with Crippen molar-refractivity contribution in [1.29, 1.82) is 0 Å².